The molecule has 1 atom stereocenters. The van der Waals surface area contributed by atoms with Crippen LogP contribution in [0, 0.1) is 0 Å². The van der Waals surface area contributed by atoms with E-state index >= 15 is 0 Å². The number of oxime groups is 1. The molecular weight excluding hydrogens is 437 g/mol. The summed E-state index contributed by atoms with van der Waals surface area (Å²) in [5.74, 6) is -0.0145. The zero-order valence-electron chi connectivity index (χ0n) is 16.0. The highest BCUT2D eigenvalue weighted by Crippen LogP contribution is 2.32. The number of fused-ring (bicyclic) bond motifs is 1. The minimum atomic E-state index is -1.10. The lowest BCUT2D eigenvalue weighted by atomic mass is 10.1. The SMILES string of the molecule is C/C(=N/OCC(=O)OC(C)C(=O)Nc1ncc(Cl)cc1Cl)c1ccc2c(c1)OCO2. The van der Waals surface area contributed by atoms with E-state index in [2.05, 4.69) is 15.5 Å². The van der Waals surface area contributed by atoms with E-state index in [0.29, 0.717) is 22.2 Å². The molecule has 2 heterocycles. The van der Waals surface area contributed by atoms with E-state index in [1.54, 1.807) is 25.1 Å². The van der Waals surface area contributed by atoms with Crippen LogP contribution in [0.2, 0.25) is 10.0 Å². The standard InChI is InChI=1S/C19H17Cl2N3O6/c1-10(12-3-4-15-16(5-12)28-9-27-15)24-29-8-17(25)30-11(2)19(26)23-18-14(21)6-13(20)7-22-18/h3-7,11H,8-9H2,1-2H3,(H,22,23,26)/b24-10-. The minimum Gasteiger partial charge on any atom is -0.454 e. The fourth-order valence-electron chi connectivity index (χ4n) is 2.37. The molecule has 1 aliphatic heterocycles. The summed E-state index contributed by atoms with van der Waals surface area (Å²) in [5, 5.41) is 6.81. The number of ether oxygens (including phenoxy) is 3. The number of aromatic nitrogens is 1. The first kappa shape index (κ1) is 21.7. The Morgan fingerprint density at radius 2 is 2.03 bits per heavy atom. The molecule has 30 heavy (non-hydrogen) atoms. The van der Waals surface area contributed by atoms with Gasteiger partial charge in [-0.3, -0.25) is 4.79 Å². The van der Waals surface area contributed by atoms with Crippen LogP contribution in [0.15, 0.2) is 35.6 Å². The first-order valence-corrected chi connectivity index (χ1v) is 9.47. The topological polar surface area (TPSA) is 108 Å². The van der Waals surface area contributed by atoms with Gasteiger partial charge in [-0.2, -0.15) is 0 Å². The second kappa shape index (κ2) is 9.64. The van der Waals surface area contributed by atoms with Crippen molar-refractivity contribution in [2.24, 2.45) is 5.16 Å². The first-order chi connectivity index (χ1) is 14.3. The molecule has 2 aromatic rings. The molecule has 0 spiro atoms. The predicted octanol–water partition coefficient (Wildman–Crippen LogP) is 3.43. The molecule has 0 bridgehead atoms. The van der Waals surface area contributed by atoms with Crippen LogP contribution in [0.3, 0.4) is 0 Å². The number of carbonyl (C=O) groups is 2. The number of pyridine rings is 1. The first-order valence-electron chi connectivity index (χ1n) is 8.71. The number of anilines is 1. The van der Waals surface area contributed by atoms with E-state index in [0.717, 1.165) is 5.56 Å². The third-order valence-corrected chi connectivity index (χ3v) is 4.40. The summed E-state index contributed by atoms with van der Waals surface area (Å²) in [5.41, 5.74) is 1.27. The highest BCUT2D eigenvalue weighted by molar-refractivity contribution is 6.36. The molecule has 1 unspecified atom stereocenters. The molecule has 11 heteroatoms. The molecule has 0 saturated heterocycles. The Bertz CT molecular complexity index is 998. The number of amides is 1. The van der Waals surface area contributed by atoms with Crippen molar-refractivity contribution in [3.63, 3.8) is 0 Å². The number of esters is 1. The fraction of sp³-hybridized carbons (Fsp3) is 0.263. The zero-order chi connectivity index (χ0) is 21.7. The van der Waals surface area contributed by atoms with Crippen molar-refractivity contribution < 1.29 is 28.6 Å². The van der Waals surface area contributed by atoms with Gasteiger partial charge in [-0.15, -0.1) is 0 Å². The highest BCUT2D eigenvalue weighted by Gasteiger charge is 2.20. The Kier molecular flexibility index (Phi) is 6.96. The van der Waals surface area contributed by atoms with Crippen LogP contribution >= 0.6 is 23.2 Å². The second-order valence-electron chi connectivity index (χ2n) is 6.12. The molecule has 3 rings (SSSR count). The Balaban J connectivity index is 1.47. The molecule has 1 aliphatic rings. The second-order valence-corrected chi connectivity index (χ2v) is 6.97. The number of nitrogens with one attached hydrogen (secondary N) is 1. The van der Waals surface area contributed by atoms with Gasteiger partial charge in [0.25, 0.3) is 5.91 Å². The van der Waals surface area contributed by atoms with E-state index in [4.69, 9.17) is 42.3 Å². The van der Waals surface area contributed by atoms with Crippen molar-refractivity contribution in [2.45, 2.75) is 20.0 Å². The van der Waals surface area contributed by atoms with Crippen molar-refractivity contribution in [1.82, 2.24) is 4.98 Å². The molecule has 0 saturated carbocycles. The van der Waals surface area contributed by atoms with Gasteiger partial charge in [-0.1, -0.05) is 28.4 Å². The van der Waals surface area contributed by atoms with Gasteiger partial charge in [0, 0.05) is 11.8 Å². The van der Waals surface area contributed by atoms with Crippen LogP contribution in [0.5, 0.6) is 11.5 Å². The van der Waals surface area contributed by atoms with Crippen LogP contribution in [0.4, 0.5) is 5.82 Å². The molecular formula is C19H17Cl2N3O6. The van der Waals surface area contributed by atoms with Crippen LogP contribution in [-0.4, -0.2) is 42.1 Å². The van der Waals surface area contributed by atoms with Crippen LogP contribution in [-0.2, 0) is 19.2 Å². The molecule has 0 aliphatic carbocycles. The number of halogens is 2. The molecule has 1 amide bonds. The molecule has 0 radical (unpaired) electrons. The van der Waals surface area contributed by atoms with Crippen molar-refractivity contribution in [3.05, 3.63) is 46.1 Å². The van der Waals surface area contributed by atoms with Gasteiger partial charge in [0.1, 0.15) is 0 Å². The Hall–Kier alpha value is -3.04. The lowest BCUT2D eigenvalue weighted by molar-refractivity contribution is -0.157. The summed E-state index contributed by atoms with van der Waals surface area (Å²) in [6.07, 6.45) is 0.224. The fourth-order valence-corrected chi connectivity index (χ4v) is 2.79. The van der Waals surface area contributed by atoms with Crippen LogP contribution in [0.25, 0.3) is 0 Å². The lowest BCUT2D eigenvalue weighted by Gasteiger charge is -2.13. The average Bonchev–Trinajstić information content (AvgIpc) is 3.17. The summed E-state index contributed by atoms with van der Waals surface area (Å²) in [4.78, 5) is 33.0. The quantitative estimate of drug-likeness (QED) is 0.388. The predicted molar refractivity (Wildman–Crippen MR) is 109 cm³/mol. The van der Waals surface area contributed by atoms with E-state index in [1.807, 2.05) is 0 Å². The summed E-state index contributed by atoms with van der Waals surface area (Å²) >= 11 is 11.7. The molecule has 0 fully saturated rings. The number of hydrogen-bond donors (Lipinski definition) is 1. The van der Waals surface area contributed by atoms with Crippen molar-refractivity contribution in [2.75, 3.05) is 18.7 Å². The summed E-state index contributed by atoms with van der Waals surface area (Å²) < 4.78 is 15.6. The van der Waals surface area contributed by atoms with Gasteiger partial charge in [0.05, 0.1) is 15.8 Å². The maximum Gasteiger partial charge on any atom is 0.347 e. The maximum absolute atomic E-state index is 12.1. The van der Waals surface area contributed by atoms with Crippen LogP contribution in [0.1, 0.15) is 19.4 Å². The van der Waals surface area contributed by atoms with Crippen LogP contribution < -0.4 is 14.8 Å². The smallest absolute Gasteiger partial charge is 0.347 e. The third kappa shape index (κ3) is 5.52. The largest absolute Gasteiger partial charge is 0.454 e. The lowest BCUT2D eigenvalue weighted by Crippen LogP contribution is -2.31. The van der Waals surface area contributed by atoms with E-state index in [1.165, 1.54) is 19.2 Å². The summed E-state index contributed by atoms with van der Waals surface area (Å²) in [7, 11) is 0. The van der Waals surface area contributed by atoms with Gasteiger partial charge >= 0.3 is 5.97 Å². The maximum atomic E-state index is 12.1. The Morgan fingerprint density at radius 3 is 2.80 bits per heavy atom. The average molecular weight is 454 g/mol. The molecule has 1 N–H and O–H groups in total. The number of hydrogen-bond acceptors (Lipinski definition) is 8. The molecule has 9 nitrogen and oxygen atoms in total. The van der Waals surface area contributed by atoms with Gasteiger partial charge in [-0.25, -0.2) is 9.78 Å². The van der Waals surface area contributed by atoms with E-state index in [-0.39, 0.29) is 17.6 Å². The number of nitrogens with zero attached hydrogens (tertiary/aromatic N) is 2. The third-order valence-electron chi connectivity index (χ3n) is 3.90. The van der Waals surface area contributed by atoms with Crippen molar-refractivity contribution in [1.29, 1.82) is 0 Å². The van der Waals surface area contributed by atoms with Crippen molar-refractivity contribution in [3.8, 4) is 11.5 Å². The monoisotopic (exact) mass is 453 g/mol. The summed E-state index contributed by atoms with van der Waals surface area (Å²) in [6, 6.07) is 6.73. The van der Waals surface area contributed by atoms with E-state index in [9.17, 15) is 9.59 Å². The highest BCUT2D eigenvalue weighted by atomic mass is 35.5. The number of carbonyl (C=O) groups excluding carboxylic acids is 2. The van der Waals surface area contributed by atoms with Crippen molar-refractivity contribution >= 4 is 46.6 Å². The van der Waals surface area contributed by atoms with Gasteiger partial charge < -0.3 is 24.4 Å². The molecule has 158 valence electrons. The van der Waals surface area contributed by atoms with Gasteiger partial charge in [0.15, 0.2) is 23.4 Å². The van der Waals surface area contributed by atoms with Gasteiger partial charge in [0.2, 0.25) is 13.4 Å². The Labute approximate surface area is 181 Å². The Morgan fingerprint density at radius 1 is 1.27 bits per heavy atom. The zero-order valence-corrected chi connectivity index (χ0v) is 17.5. The number of benzene rings is 1. The molecule has 1 aromatic heterocycles. The minimum absolute atomic E-state index is 0.106. The van der Waals surface area contributed by atoms with Gasteiger partial charge in [-0.05, 0) is 38.1 Å². The molecule has 1 aromatic carbocycles. The number of rotatable bonds is 7. The summed E-state index contributed by atoms with van der Waals surface area (Å²) in [6.45, 7) is 2.81. The van der Waals surface area contributed by atoms with E-state index < -0.39 is 24.6 Å². The normalized spacial score (nSPS) is 13.5.